The van der Waals surface area contributed by atoms with E-state index >= 15 is 0 Å². The van der Waals surface area contributed by atoms with Gasteiger partial charge in [0.25, 0.3) is 0 Å². The average Bonchev–Trinajstić information content (AvgIpc) is 3.24. The van der Waals surface area contributed by atoms with Gasteiger partial charge in [-0.1, -0.05) is 0 Å². The SMILES string of the molecule is COc1ccnc(SNc2ccc(-c3nc(NCCN(C)CCO)c4c(C)[nH]nc4n3)cc2F)c1. The Balaban J connectivity index is 1.53. The van der Waals surface area contributed by atoms with Crippen molar-refractivity contribution in [2.24, 2.45) is 0 Å². The molecule has 12 heteroatoms. The van der Waals surface area contributed by atoms with E-state index < -0.39 is 5.82 Å². The van der Waals surface area contributed by atoms with Crippen LogP contribution in [0.2, 0.25) is 0 Å². The normalized spacial score (nSPS) is 11.3. The van der Waals surface area contributed by atoms with Gasteiger partial charge in [-0.05, 0) is 38.2 Å². The minimum Gasteiger partial charge on any atom is -0.497 e. The first-order valence-electron chi connectivity index (χ1n) is 11.0. The number of halogens is 1. The van der Waals surface area contributed by atoms with Gasteiger partial charge in [0.15, 0.2) is 11.5 Å². The van der Waals surface area contributed by atoms with Gasteiger partial charge in [-0.3, -0.25) is 5.10 Å². The zero-order chi connectivity index (χ0) is 24.8. The molecule has 0 atom stereocenters. The monoisotopic (exact) mass is 498 g/mol. The van der Waals surface area contributed by atoms with Crippen LogP contribution in [0.1, 0.15) is 5.69 Å². The Kier molecular flexibility index (Phi) is 7.95. The maximum Gasteiger partial charge on any atom is 0.186 e. The molecule has 3 heterocycles. The molecule has 0 bridgehead atoms. The number of anilines is 2. The summed E-state index contributed by atoms with van der Waals surface area (Å²) < 4.78 is 23.1. The molecule has 35 heavy (non-hydrogen) atoms. The van der Waals surface area contributed by atoms with E-state index in [2.05, 4.69) is 35.2 Å². The van der Waals surface area contributed by atoms with E-state index in [0.29, 0.717) is 59.0 Å². The number of methoxy groups -OCH3 is 1. The van der Waals surface area contributed by atoms with Crippen molar-refractivity contribution in [2.75, 3.05) is 50.4 Å². The summed E-state index contributed by atoms with van der Waals surface area (Å²) in [6, 6.07) is 8.28. The first kappa shape index (κ1) is 24.6. The maximum absolute atomic E-state index is 14.9. The summed E-state index contributed by atoms with van der Waals surface area (Å²) in [5.41, 5.74) is 2.18. The van der Waals surface area contributed by atoms with E-state index in [4.69, 9.17) is 9.84 Å². The molecule has 4 N–H and O–H groups in total. The fraction of sp³-hybridized carbons (Fsp3) is 0.304. The number of H-pyrrole nitrogens is 1. The van der Waals surface area contributed by atoms with Crippen LogP contribution in [0.3, 0.4) is 0 Å². The average molecular weight is 499 g/mol. The summed E-state index contributed by atoms with van der Waals surface area (Å²) in [4.78, 5) is 15.4. The van der Waals surface area contributed by atoms with Crippen LogP contribution in [0.4, 0.5) is 15.9 Å². The largest absolute Gasteiger partial charge is 0.497 e. The Morgan fingerprint density at radius 2 is 2.06 bits per heavy atom. The van der Waals surface area contributed by atoms with Crippen LogP contribution < -0.4 is 14.8 Å². The molecule has 0 amide bonds. The molecule has 0 saturated carbocycles. The molecule has 4 rings (SSSR count). The van der Waals surface area contributed by atoms with Crippen LogP contribution in [0.25, 0.3) is 22.4 Å². The van der Waals surface area contributed by atoms with Crippen LogP contribution in [0.5, 0.6) is 5.75 Å². The molecule has 0 fully saturated rings. The zero-order valence-corrected chi connectivity index (χ0v) is 20.5. The second-order valence-corrected chi connectivity index (χ2v) is 8.66. The van der Waals surface area contributed by atoms with E-state index in [1.165, 1.54) is 18.0 Å². The van der Waals surface area contributed by atoms with Crippen molar-refractivity contribution in [3.8, 4) is 17.1 Å². The van der Waals surface area contributed by atoms with Crippen molar-refractivity contribution in [1.82, 2.24) is 30.0 Å². The van der Waals surface area contributed by atoms with Gasteiger partial charge in [0.1, 0.15) is 22.4 Å². The van der Waals surface area contributed by atoms with Gasteiger partial charge in [0.05, 0.1) is 24.8 Å². The highest BCUT2D eigenvalue weighted by atomic mass is 32.2. The third-order valence-corrected chi connectivity index (χ3v) is 6.05. The van der Waals surface area contributed by atoms with Crippen LogP contribution in [0.15, 0.2) is 41.6 Å². The molecule has 1 aromatic carbocycles. The highest BCUT2D eigenvalue weighted by Gasteiger charge is 2.15. The van der Waals surface area contributed by atoms with Gasteiger partial charge in [0.2, 0.25) is 0 Å². The number of rotatable bonds is 11. The van der Waals surface area contributed by atoms with E-state index in [0.717, 1.165) is 11.1 Å². The number of benzene rings is 1. The molecule has 0 saturated heterocycles. The lowest BCUT2D eigenvalue weighted by Gasteiger charge is -2.16. The fourth-order valence-corrected chi connectivity index (χ4v) is 4.06. The minimum atomic E-state index is -0.445. The van der Waals surface area contributed by atoms with Gasteiger partial charge in [0, 0.05) is 55.1 Å². The fourth-order valence-electron chi connectivity index (χ4n) is 3.39. The summed E-state index contributed by atoms with van der Waals surface area (Å²) in [6.07, 6.45) is 1.63. The first-order valence-corrected chi connectivity index (χ1v) is 11.8. The molecule has 0 spiro atoms. The third kappa shape index (κ3) is 5.96. The van der Waals surface area contributed by atoms with Crippen molar-refractivity contribution in [2.45, 2.75) is 11.9 Å². The number of likely N-dealkylation sites (N-methyl/N-ethyl adjacent to an activating group) is 1. The van der Waals surface area contributed by atoms with E-state index in [1.54, 1.807) is 37.6 Å². The highest BCUT2D eigenvalue weighted by molar-refractivity contribution is 8.00. The Bertz CT molecular complexity index is 1300. The smallest absolute Gasteiger partial charge is 0.186 e. The first-order chi connectivity index (χ1) is 17.0. The predicted molar refractivity (Wildman–Crippen MR) is 135 cm³/mol. The Morgan fingerprint density at radius 3 is 2.83 bits per heavy atom. The number of nitrogens with one attached hydrogen (secondary N) is 3. The van der Waals surface area contributed by atoms with Crippen molar-refractivity contribution in [1.29, 1.82) is 0 Å². The zero-order valence-electron chi connectivity index (χ0n) is 19.7. The standard InChI is InChI=1S/C23H27FN8O2S/c1-14-20-22(26-8-9-32(2)10-11-33)27-21(28-23(20)30-29-14)15-4-5-18(17(24)12-15)31-35-19-13-16(34-3)6-7-25-19/h4-7,12-13,31,33H,8-11H2,1-3H3,(H2,26,27,28,29,30). The lowest BCUT2D eigenvalue weighted by molar-refractivity contribution is 0.225. The Labute approximate surface area is 206 Å². The number of aromatic amines is 1. The number of ether oxygens (including phenoxy) is 1. The minimum absolute atomic E-state index is 0.101. The second kappa shape index (κ2) is 11.3. The van der Waals surface area contributed by atoms with Gasteiger partial charge in [-0.2, -0.15) is 5.10 Å². The predicted octanol–water partition coefficient (Wildman–Crippen LogP) is 3.33. The van der Waals surface area contributed by atoms with Gasteiger partial charge in [-0.15, -0.1) is 0 Å². The van der Waals surface area contributed by atoms with Gasteiger partial charge >= 0.3 is 0 Å². The summed E-state index contributed by atoms with van der Waals surface area (Å²) in [5.74, 6) is 1.21. The van der Waals surface area contributed by atoms with E-state index in [9.17, 15) is 4.39 Å². The van der Waals surface area contributed by atoms with Gasteiger partial charge < -0.3 is 24.8 Å². The molecule has 4 aromatic rings. The lowest BCUT2D eigenvalue weighted by atomic mass is 10.1. The van der Waals surface area contributed by atoms with Crippen molar-refractivity contribution < 1.29 is 14.2 Å². The Morgan fingerprint density at radius 1 is 1.20 bits per heavy atom. The highest BCUT2D eigenvalue weighted by Crippen LogP contribution is 2.29. The molecule has 0 aliphatic heterocycles. The molecule has 0 aliphatic rings. The number of nitrogens with zero attached hydrogens (tertiary/aromatic N) is 5. The molecule has 10 nitrogen and oxygen atoms in total. The van der Waals surface area contributed by atoms with Gasteiger partial charge in [-0.25, -0.2) is 19.3 Å². The molecule has 184 valence electrons. The third-order valence-electron chi connectivity index (χ3n) is 5.30. The number of aliphatic hydroxyl groups is 1. The molecule has 3 aromatic heterocycles. The van der Waals surface area contributed by atoms with Crippen LogP contribution in [-0.4, -0.2) is 75.6 Å². The number of hydrogen-bond donors (Lipinski definition) is 4. The second-order valence-electron chi connectivity index (χ2n) is 7.83. The maximum atomic E-state index is 14.9. The topological polar surface area (TPSA) is 124 Å². The summed E-state index contributed by atoms with van der Waals surface area (Å²) in [7, 11) is 3.51. The van der Waals surface area contributed by atoms with Crippen LogP contribution >= 0.6 is 11.9 Å². The number of pyridine rings is 1. The number of hydrogen-bond acceptors (Lipinski definition) is 10. The number of aryl methyl sites for hydroxylation is 1. The molecule has 0 aliphatic carbocycles. The van der Waals surface area contributed by atoms with Crippen molar-refractivity contribution >= 4 is 34.5 Å². The number of fused-ring (bicyclic) bond motifs is 1. The van der Waals surface area contributed by atoms with Crippen molar-refractivity contribution in [3.63, 3.8) is 0 Å². The quantitative estimate of drug-likeness (QED) is 0.229. The number of aromatic nitrogens is 5. The van der Waals surface area contributed by atoms with Crippen LogP contribution in [0, 0.1) is 12.7 Å². The molecule has 0 radical (unpaired) electrons. The van der Waals surface area contributed by atoms with E-state index in [-0.39, 0.29) is 6.61 Å². The van der Waals surface area contributed by atoms with Crippen LogP contribution in [-0.2, 0) is 0 Å². The summed E-state index contributed by atoms with van der Waals surface area (Å²) in [5, 5.41) is 21.1. The molecule has 0 unspecified atom stereocenters. The lowest BCUT2D eigenvalue weighted by Crippen LogP contribution is -2.28. The molecular weight excluding hydrogens is 471 g/mol. The van der Waals surface area contributed by atoms with E-state index in [1.807, 2.05) is 18.9 Å². The summed E-state index contributed by atoms with van der Waals surface area (Å²) in [6.45, 7) is 3.91. The number of aliphatic hydroxyl groups excluding tert-OH is 1. The molecular formula is C23H27FN8O2S. The van der Waals surface area contributed by atoms with Crippen molar-refractivity contribution in [3.05, 3.63) is 48.0 Å². The summed E-state index contributed by atoms with van der Waals surface area (Å²) >= 11 is 1.18. The Hall–Kier alpha value is -3.48.